The van der Waals surface area contributed by atoms with Gasteiger partial charge >= 0.3 is 0 Å². The van der Waals surface area contributed by atoms with Crippen LogP contribution in [0, 0.1) is 17.0 Å². The number of nitrogens with zero attached hydrogens (tertiary/aromatic N) is 2. The molecule has 0 aliphatic rings. The lowest BCUT2D eigenvalue weighted by Crippen LogP contribution is -2.13. The third-order valence-corrected chi connectivity index (χ3v) is 5.85. The van der Waals surface area contributed by atoms with Crippen LogP contribution in [-0.2, 0) is 10.0 Å². The number of nitro groups is 1. The first kappa shape index (κ1) is 17.1. The van der Waals surface area contributed by atoms with E-state index in [1.807, 2.05) is 0 Å². The zero-order chi connectivity index (χ0) is 18.0. The maximum absolute atomic E-state index is 12.5. The van der Waals surface area contributed by atoms with E-state index in [2.05, 4.69) is 9.71 Å². The molecule has 0 radical (unpaired) electrons. The van der Waals surface area contributed by atoms with Crippen molar-refractivity contribution in [3.63, 3.8) is 0 Å². The normalized spacial score (nSPS) is 11.2. The maximum atomic E-state index is 12.5. The summed E-state index contributed by atoms with van der Waals surface area (Å²) in [5.41, 5.74) is 1.60. The molecular formula is C16H13N3O4S2. The van der Waals surface area contributed by atoms with Gasteiger partial charge in [-0.3, -0.25) is 14.8 Å². The standard InChI is InChI=1S/C16H13N3O4S2/c1-11-5-2-3-8-15(11)25(22,23)18-16-17-14(10-24-16)12-6-4-7-13(9-12)19(20)21/h2-10H,1H3,(H,17,18). The molecule has 7 nitrogen and oxygen atoms in total. The molecule has 1 aromatic heterocycles. The molecule has 1 N–H and O–H groups in total. The van der Waals surface area contributed by atoms with E-state index in [0.29, 0.717) is 16.8 Å². The molecule has 3 aromatic rings. The summed E-state index contributed by atoms with van der Waals surface area (Å²) in [6.07, 6.45) is 0. The summed E-state index contributed by atoms with van der Waals surface area (Å²) in [5, 5.41) is 12.7. The van der Waals surface area contributed by atoms with Gasteiger partial charge in [0.1, 0.15) is 0 Å². The number of nitro benzene ring substituents is 1. The van der Waals surface area contributed by atoms with Crippen molar-refractivity contribution in [3.05, 3.63) is 69.6 Å². The number of rotatable bonds is 5. The van der Waals surface area contributed by atoms with Gasteiger partial charge in [0.05, 0.1) is 15.5 Å². The Balaban J connectivity index is 1.89. The quantitative estimate of drug-likeness (QED) is 0.539. The zero-order valence-electron chi connectivity index (χ0n) is 13.0. The number of benzene rings is 2. The van der Waals surface area contributed by atoms with Crippen LogP contribution in [-0.4, -0.2) is 18.3 Å². The Morgan fingerprint density at radius 1 is 1.16 bits per heavy atom. The Kier molecular flexibility index (Phi) is 4.51. The minimum Gasteiger partial charge on any atom is -0.258 e. The van der Waals surface area contributed by atoms with Crippen molar-refractivity contribution in [2.75, 3.05) is 4.72 Å². The molecule has 0 spiro atoms. The molecule has 0 unspecified atom stereocenters. The Bertz CT molecular complexity index is 1040. The minimum absolute atomic E-state index is 0.0486. The van der Waals surface area contributed by atoms with Crippen LogP contribution < -0.4 is 4.72 Å². The molecule has 128 valence electrons. The number of aryl methyl sites for hydroxylation is 1. The van der Waals surface area contributed by atoms with E-state index < -0.39 is 14.9 Å². The predicted molar refractivity (Wildman–Crippen MR) is 96.2 cm³/mol. The Morgan fingerprint density at radius 3 is 2.64 bits per heavy atom. The first-order chi connectivity index (χ1) is 11.9. The minimum atomic E-state index is -3.74. The van der Waals surface area contributed by atoms with Gasteiger partial charge in [-0.15, -0.1) is 11.3 Å². The molecular weight excluding hydrogens is 362 g/mol. The highest BCUT2D eigenvalue weighted by Gasteiger charge is 2.18. The average Bonchev–Trinajstić information content (AvgIpc) is 3.03. The van der Waals surface area contributed by atoms with E-state index >= 15 is 0 Å². The van der Waals surface area contributed by atoms with Gasteiger partial charge in [0.15, 0.2) is 5.13 Å². The summed E-state index contributed by atoms with van der Waals surface area (Å²) in [7, 11) is -3.74. The summed E-state index contributed by atoms with van der Waals surface area (Å²) in [4.78, 5) is 14.8. The third-order valence-electron chi connectivity index (χ3n) is 3.46. The fourth-order valence-electron chi connectivity index (χ4n) is 2.26. The van der Waals surface area contributed by atoms with E-state index in [1.165, 1.54) is 18.2 Å². The van der Waals surface area contributed by atoms with Crippen LogP contribution in [0.5, 0.6) is 0 Å². The number of aromatic nitrogens is 1. The largest absolute Gasteiger partial charge is 0.270 e. The van der Waals surface area contributed by atoms with Crippen LogP contribution in [0.1, 0.15) is 5.56 Å². The highest BCUT2D eigenvalue weighted by atomic mass is 32.2. The fourth-order valence-corrected chi connectivity index (χ4v) is 4.48. The van der Waals surface area contributed by atoms with Gasteiger partial charge in [0.2, 0.25) is 0 Å². The number of thiazole rings is 1. The summed E-state index contributed by atoms with van der Waals surface area (Å²) >= 11 is 1.11. The van der Waals surface area contributed by atoms with Gasteiger partial charge in [-0.05, 0) is 18.6 Å². The van der Waals surface area contributed by atoms with Crippen molar-refractivity contribution in [3.8, 4) is 11.3 Å². The van der Waals surface area contributed by atoms with Crippen LogP contribution in [0.3, 0.4) is 0 Å². The molecule has 1 heterocycles. The third kappa shape index (κ3) is 3.67. The lowest BCUT2D eigenvalue weighted by atomic mass is 10.1. The van der Waals surface area contributed by atoms with E-state index in [-0.39, 0.29) is 15.7 Å². The Labute approximate surface area is 148 Å². The van der Waals surface area contributed by atoms with Crippen molar-refractivity contribution in [2.24, 2.45) is 0 Å². The van der Waals surface area contributed by atoms with Gasteiger partial charge < -0.3 is 0 Å². The lowest BCUT2D eigenvalue weighted by molar-refractivity contribution is -0.384. The van der Waals surface area contributed by atoms with Gasteiger partial charge in [0, 0.05) is 23.1 Å². The molecule has 0 fully saturated rings. The molecule has 25 heavy (non-hydrogen) atoms. The second-order valence-corrected chi connectivity index (χ2v) is 7.73. The molecule has 0 amide bonds. The predicted octanol–water partition coefficient (Wildman–Crippen LogP) is 3.83. The van der Waals surface area contributed by atoms with Gasteiger partial charge in [-0.2, -0.15) is 0 Å². The van der Waals surface area contributed by atoms with Gasteiger partial charge in [0.25, 0.3) is 15.7 Å². The maximum Gasteiger partial charge on any atom is 0.270 e. The smallest absolute Gasteiger partial charge is 0.258 e. The van der Waals surface area contributed by atoms with E-state index in [4.69, 9.17) is 0 Å². The lowest BCUT2D eigenvalue weighted by Gasteiger charge is -2.07. The van der Waals surface area contributed by atoms with E-state index in [9.17, 15) is 18.5 Å². The second kappa shape index (κ2) is 6.61. The van der Waals surface area contributed by atoms with Crippen LogP contribution in [0.25, 0.3) is 11.3 Å². The van der Waals surface area contributed by atoms with E-state index in [1.54, 1.807) is 42.6 Å². The van der Waals surface area contributed by atoms with Crippen LogP contribution in [0.15, 0.2) is 58.8 Å². The topological polar surface area (TPSA) is 102 Å². The molecule has 0 saturated carbocycles. The highest BCUT2D eigenvalue weighted by molar-refractivity contribution is 7.93. The molecule has 9 heteroatoms. The number of anilines is 1. The number of sulfonamides is 1. The summed E-state index contributed by atoms with van der Waals surface area (Å²) < 4.78 is 27.4. The number of non-ortho nitro benzene ring substituents is 1. The van der Waals surface area contributed by atoms with Crippen molar-refractivity contribution < 1.29 is 13.3 Å². The molecule has 0 aliphatic heterocycles. The first-order valence-corrected chi connectivity index (χ1v) is 9.52. The van der Waals surface area contributed by atoms with Crippen molar-refractivity contribution in [1.29, 1.82) is 0 Å². The van der Waals surface area contributed by atoms with Crippen LogP contribution >= 0.6 is 11.3 Å². The van der Waals surface area contributed by atoms with Crippen LogP contribution in [0.4, 0.5) is 10.8 Å². The second-order valence-electron chi connectivity index (χ2n) is 5.22. The molecule has 0 aliphatic carbocycles. The van der Waals surface area contributed by atoms with Crippen LogP contribution in [0.2, 0.25) is 0 Å². The highest BCUT2D eigenvalue weighted by Crippen LogP contribution is 2.29. The Morgan fingerprint density at radius 2 is 1.92 bits per heavy atom. The van der Waals surface area contributed by atoms with Crippen molar-refractivity contribution in [2.45, 2.75) is 11.8 Å². The monoisotopic (exact) mass is 375 g/mol. The molecule has 0 bridgehead atoms. The summed E-state index contributed by atoms with van der Waals surface area (Å²) in [6, 6.07) is 12.7. The summed E-state index contributed by atoms with van der Waals surface area (Å²) in [5.74, 6) is 0. The average molecular weight is 375 g/mol. The number of hydrogen-bond donors (Lipinski definition) is 1. The van der Waals surface area contributed by atoms with Crippen molar-refractivity contribution >= 4 is 32.2 Å². The van der Waals surface area contributed by atoms with E-state index in [0.717, 1.165) is 11.3 Å². The number of hydrogen-bond acceptors (Lipinski definition) is 6. The number of nitrogens with one attached hydrogen (secondary N) is 1. The van der Waals surface area contributed by atoms with Gasteiger partial charge in [-0.1, -0.05) is 30.3 Å². The molecule has 2 aromatic carbocycles. The molecule has 0 saturated heterocycles. The molecule has 3 rings (SSSR count). The van der Waals surface area contributed by atoms with Crippen molar-refractivity contribution in [1.82, 2.24) is 4.98 Å². The Hall–Kier alpha value is -2.78. The van der Waals surface area contributed by atoms with Gasteiger partial charge in [-0.25, -0.2) is 13.4 Å². The fraction of sp³-hybridized carbons (Fsp3) is 0.0625. The summed E-state index contributed by atoms with van der Waals surface area (Å²) in [6.45, 7) is 1.71. The molecule has 0 atom stereocenters. The first-order valence-electron chi connectivity index (χ1n) is 7.15. The zero-order valence-corrected chi connectivity index (χ0v) is 14.7. The SMILES string of the molecule is Cc1ccccc1S(=O)(=O)Nc1nc(-c2cccc([N+](=O)[O-])c2)cs1.